The van der Waals surface area contributed by atoms with Crippen molar-refractivity contribution in [2.24, 2.45) is 5.92 Å². The van der Waals surface area contributed by atoms with Crippen molar-refractivity contribution in [1.82, 2.24) is 0 Å². The smallest absolute Gasteiger partial charge is 0.391 e. The van der Waals surface area contributed by atoms with Gasteiger partial charge in [0.2, 0.25) is 0 Å². The highest BCUT2D eigenvalue weighted by Crippen LogP contribution is 2.29. The standard InChI is InChI=1S/C16H27F3O2/c1-4-21-15(20)13(2)11-9-7-5-6-8-10-12-14(3)16(17,18)19/h14H,2,4-12H2,1,3H3. The quantitative estimate of drug-likeness (QED) is 0.289. The van der Waals surface area contributed by atoms with Gasteiger partial charge in [-0.1, -0.05) is 45.6 Å². The molecule has 0 aromatic rings. The van der Waals surface area contributed by atoms with E-state index in [0.717, 1.165) is 32.1 Å². The van der Waals surface area contributed by atoms with Crippen LogP contribution in [0.4, 0.5) is 13.2 Å². The van der Waals surface area contributed by atoms with Gasteiger partial charge in [-0.2, -0.15) is 13.2 Å². The Morgan fingerprint density at radius 2 is 1.62 bits per heavy atom. The second-order valence-corrected chi connectivity index (χ2v) is 5.43. The Labute approximate surface area is 125 Å². The van der Waals surface area contributed by atoms with Gasteiger partial charge >= 0.3 is 12.1 Å². The van der Waals surface area contributed by atoms with Gasteiger partial charge in [0.1, 0.15) is 0 Å². The third-order valence-corrected chi connectivity index (χ3v) is 3.49. The van der Waals surface area contributed by atoms with Gasteiger partial charge in [0, 0.05) is 5.57 Å². The predicted molar refractivity (Wildman–Crippen MR) is 77.9 cm³/mol. The van der Waals surface area contributed by atoms with Crippen molar-refractivity contribution in [2.75, 3.05) is 6.61 Å². The number of ether oxygens (including phenoxy) is 1. The van der Waals surface area contributed by atoms with Crippen LogP contribution in [0.15, 0.2) is 12.2 Å². The van der Waals surface area contributed by atoms with E-state index >= 15 is 0 Å². The molecule has 0 aliphatic carbocycles. The molecule has 0 saturated heterocycles. The van der Waals surface area contributed by atoms with Crippen molar-refractivity contribution in [2.45, 2.75) is 71.4 Å². The van der Waals surface area contributed by atoms with E-state index in [2.05, 4.69) is 6.58 Å². The van der Waals surface area contributed by atoms with Crippen molar-refractivity contribution in [3.8, 4) is 0 Å². The Morgan fingerprint density at radius 1 is 1.10 bits per heavy atom. The summed E-state index contributed by atoms with van der Waals surface area (Å²) >= 11 is 0. The molecule has 2 nitrogen and oxygen atoms in total. The van der Waals surface area contributed by atoms with E-state index in [0.29, 0.717) is 25.0 Å². The normalized spacial score (nSPS) is 13.0. The highest BCUT2D eigenvalue weighted by Gasteiger charge is 2.34. The zero-order valence-electron chi connectivity index (χ0n) is 13.1. The van der Waals surface area contributed by atoms with Crippen LogP contribution < -0.4 is 0 Å². The molecule has 124 valence electrons. The number of alkyl halides is 3. The van der Waals surface area contributed by atoms with Gasteiger partial charge in [0.25, 0.3) is 0 Å². The van der Waals surface area contributed by atoms with Gasteiger partial charge in [-0.3, -0.25) is 0 Å². The van der Waals surface area contributed by atoms with Crippen LogP contribution in [0, 0.1) is 5.92 Å². The molecule has 21 heavy (non-hydrogen) atoms. The summed E-state index contributed by atoms with van der Waals surface area (Å²) in [5.41, 5.74) is 0.496. The van der Waals surface area contributed by atoms with Gasteiger partial charge in [-0.25, -0.2) is 4.79 Å². The summed E-state index contributed by atoms with van der Waals surface area (Å²) in [6.07, 6.45) is 1.99. The third-order valence-electron chi connectivity index (χ3n) is 3.49. The molecule has 0 N–H and O–H groups in total. The molecule has 0 amide bonds. The average Bonchev–Trinajstić information content (AvgIpc) is 2.40. The first-order chi connectivity index (χ1) is 9.79. The first kappa shape index (κ1) is 20.0. The van der Waals surface area contributed by atoms with Crippen LogP contribution in [0.5, 0.6) is 0 Å². The Kier molecular flexibility index (Phi) is 10.2. The monoisotopic (exact) mass is 308 g/mol. The van der Waals surface area contributed by atoms with Crippen molar-refractivity contribution in [1.29, 1.82) is 0 Å². The summed E-state index contributed by atoms with van der Waals surface area (Å²) in [6.45, 7) is 7.03. The first-order valence-electron chi connectivity index (χ1n) is 7.70. The molecule has 0 aliphatic heterocycles. The number of carbonyl (C=O) groups excluding carboxylic acids is 1. The van der Waals surface area contributed by atoms with Crippen LogP contribution in [0.25, 0.3) is 0 Å². The maximum absolute atomic E-state index is 12.3. The van der Waals surface area contributed by atoms with Crippen molar-refractivity contribution >= 4 is 5.97 Å². The molecule has 0 radical (unpaired) electrons. The fourth-order valence-corrected chi connectivity index (χ4v) is 1.99. The maximum Gasteiger partial charge on any atom is 0.391 e. The summed E-state index contributed by atoms with van der Waals surface area (Å²) in [4.78, 5) is 11.3. The topological polar surface area (TPSA) is 26.3 Å². The summed E-state index contributed by atoms with van der Waals surface area (Å²) in [5, 5.41) is 0. The molecule has 1 atom stereocenters. The first-order valence-corrected chi connectivity index (χ1v) is 7.70. The molecule has 0 spiro atoms. The molecule has 0 saturated carbocycles. The molecule has 0 heterocycles. The van der Waals surface area contributed by atoms with Crippen molar-refractivity contribution in [3.05, 3.63) is 12.2 Å². The third kappa shape index (κ3) is 10.4. The van der Waals surface area contributed by atoms with E-state index in [4.69, 9.17) is 4.74 Å². The van der Waals surface area contributed by atoms with Crippen LogP contribution in [0.3, 0.4) is 0 Å². The minimum Gasteiger partial charge on any atom is -0.463 e. The second-order valence-electron chi connectivity index (χ2n) is 5.43. The molecule has 0 aromatic heterocycles. The number of esters is 1. The summed E-state index contributed by atoms with van der Waals surface area (Å²) in [5.74, 6) is -1.54. The summed E-state index contributed by atoms with van der Waals surface area (Å²) < 4.78 is 41.7. The number of hydrogen-bond donors (Lipinski definition) is 0. The van der Waals surface area contributed by atoms with E-state index in [1.807, 2.05) is 0 Å². The van der Waals surface area contributed by atoms with E-state index < -0.39 is 12.1 Å². The minimum absolute atomic E-state index is 0.211. The van der Waals surface area contributed by atoms with Gasteiger partial charge in [0.05, 0.1) is 12.5 Å². The molecule has 0 fully saturated rings. The van der Waals surface area contributed by atoms with Gasteiger partial charge in [0.15, 0.2) is 0 Å². The zero-order valence-corrected chi connectivity index (χ0v) is 13.1. The molecular weight excluding hydrogens is 281 g/mol. The Balaban J connectivity index is 3.45. The lowest BCUT2D eigenvalue weighted by atomic mass is 10.0. The van der Waals surface area contributed by atoms with E-state index in [1.54, 1.807) is 6.92 Å². The molecule has 1 unspecified atom stereocenters. The maximum atomic E-state index is 12.3. The lowest BCUT2D eigenvalue weighted by molar-refractivity contribution is -0.171. The van der Waals surface area contributed by atoms with Crippen LogP contribution in [-0.4, -0.2) is 18.8 Å². The zero-order chi connectivity index (χ0) is 16.3. The number of carbonyl (C=O) groups is 1. The van der Waals surface area contributed by atoms with Crippen molar-refractivity contribution in [3.63, 3.8) is 0 Å². The van der Waals surface area contributed by atoms with E-state index in [-0.39, 0.29) is 12.4 Å². The van der Waals surface area contributed by atoms with E-state index in [1.165, 1.54) is 6.92 Å². The molecular formula is C16H27F3O2. The molecule has 0 rings (SSSR count). The Morgan fingerprint density at radius 3 is 2.14 bits per heavy atom. The largest absolute Gasteiger partial charge is 0.463 e. The van der Waals surface area contributed by atoms with Crippen LogP contribution in [-0.2, 0) is 9.53 Å². The molecule has 0 aromatic carbocycles. The summed E-state index contributed by atoms with van der Waals surface area (Å²) in [6, 6.07) is 0. The van der Waals surface area contributed by atoms with Crippen molar-refractivity contribution < 1.29 is 22.7 Å². The van der Waals surface area contributed by atoms with Gasteiger partial charge in [-0.05, 0) is 26.2 Å². The van der Waals surface area contributed by atoms with Gasteiger partial charge in [-0.15, -0.1) is 0 Å². The molecule has 5 heteroatoms. The number of rotatable bonds is 11. The molecule has 0 aliphatic rings. The fourth-order valence-electron chi connectivity index (χ4n) is 1.99. The Bertz CT molecular complexity index is 311. The van der Waals surface area contributed by atoms with Crippen LogP contribution >= 0.6 is 0 Å². The number of unbranched alkanes of at least 4 members (excludes halogenated alkanes) is 5. The van der Waals surface area contributed by atoms with Gasteiger partial charge < -0.3 is 4.74 Å². The van der Waals surface area contributed by atoms with Crippen LogP contribution in [0.2, 0.25) is 0 Å². The highest BCUT2D eigenvalue weighted by atomic mass is 19.4. The summed E-state index contributed by atoms with van der Waals surface area (Å²) in [7, 11) is 0. The van der Waals surface area contributed by atoms with E-state index in [9.17, 15) is 18.0 Å². The fraction of sp³-hybridized carbons (Fsp3) is 0.812. The van der Waals surface area contributed by atoms with Crippen LogP contribution in [0.1, 0.15) is 65.2 Å². The number of hydrogen-bond acceptors (Lipinski definition) is 2. The average molecular weight is 308 g/mol. The highest BCUT2D eigenvalue weighted by molar-refractivity contribution is 5.87. The SMILES string of the molecule is C=C(CCCCCCCCC(C)C(F)(F)F)C(=O)OCC. The second kappa shape index (κ2) is 10.7. The Hall–Kier alpha value is -1.00. The lowest BCUT2D eigenvalue weighted by Gasteiger charge is -2.14. The lowest BCUT2D eigenvalue weighted by Crippen LogP contribution is -2.19. The number of halogens is 3. The predicted octanol–water partition coefficient (Wildman–Crippen LogP) is 5.42. The minimum atomic E-state index is -4.06. The molecule has 0 bridgehead atoms.